The van der Waals surface area contributed by atoms with Crippen LogP contribution in [0.4, 0.5) is 17.1 Å². The van der Waals surface area contributed by atoms with Crippen LogP contribution >= 0.6 is 0 Å². The summed E-state index contributed by atoms with van der Waals surface area (Å²) in [5, 5.41) is 13.7. The minimum atomic E-state index is -0.518. The quantitative estimate of drug-likeness (QED) is 0.502. The van der Waals surface area contributed by atoms with Crippen molar-refractivity contribution in [2.75, 3.05) is 11.1 Å². The number of nitro groups is 1. The summed E-state index contributed by atoms with van der Waals surface area (Å²) in [6, 6.07) is 13.8. The first-order chi connectivity index (χ1) is 10.5. The number of amides is 1. The molecule has 1 amide bonds. The second kappa shape index (κ2) is 6.71. The van der Waals surface area contributed by atoms with E-state index in [1.807, 2.05) is 25.1 Å². The van der Waals surface area contributed by atoms with Gasteiger partial charge in [-0.3, -0.25) is 14.9 Å². The average molecular weight is 299 g/mol. The largest absolute Gasteiger partial charge is 0.393 e. The molecule has 0 aliphatic carbocycles. The number of nitrogen functional groups attached to an aromatic ring is 1. The minimum Gasteiger partial charge on any atom is -0.393 e. The van der Waals surface area contributed by atoms with Gasteiger partial charge in [0.25, 0.3) is 5.69 Å². The molecule has 1 unspecified atom stereocenters. The zero-order valence-electron chi connectivity index (χ0n) is 12.2. The van der Waals surface area contributed by atoms with Crippen molar-refractivity contribution in [2.45, 2.75) is 19.3 Å². The van der Waals surface area contributed by atoms with E-state index in [0.717, 1.165) is 5.69 Å². The van der Waals surface area contributed by atoms with E-state index in [-0.39, 0.29) is 29.6 Å². The molecule has 0 radical (unpaired) electrons. The van der Waals surface area contributed by atoms with Crippen molar-refractivity contribution in [2.24, 2.45) is 0 Å². The van der Waals surface area contributed by atoms with Crippen LogP contribution in [0.2, 0.25) is 0 Å². The highest BCUT2D eigenvalue weighted by atomic mass is 16.6. The van der Waals surface area contributed by atoms with Gasteiger partial charge in [0.15, 0.2) is 0 Å². The lowest BCUT2D eigenvalue weighted by Gasteiger charge is -2.12. The number of anilines is 2. The standard InChI is InChI=1S/C16H17N3O3/c1-11(9-16(20)18-13-5-3-2-4-6-13)12-7-8-14(17)15(10-12)19(21)22/h2-8,10-11H,9,17H2,1H3,(H,18,20). The van der Waals surface area contributed by atoms with Crippen molar-refractivity contribution < 1.29 is 9.72 Å². The van der Waals surface area contributed by atoms with Gasteiger partial charge < -0.3 is 11.1 Å². The molecule has 6 heteroatoms. The first-order valence-corrected chi connectivity index (χ1v) is 6.86. The second-order valence-electron chi connectivity index (χ2n) is 5.09. The maximum Gasteiger partial charge on any atom is 0.292 e. The Labute approximate surface area is 128 Å². The third-order valence-corrected chi connectivity index (χ3v) is 3.37. The highest BCUT2D eigenvalue weighted by Crippen LogP contribution is 2.28. The van der Waals surface area contributed by atoms with Crippen LogP contribution in [0.15, 0.2) is 48.5 Å². The number of benzene rings is 2. The molecule has 0 aliphatic rings. The van der Waals surface area contributed by atoms with E-state index in [1.54, 1.807) is 18.2 Å². The van der Waals surface area contributed by atoms with Gasteiger partial charge in [-0.1, -0.05) is 31.2 Å². The summed E-state index contributed by atoms with van der Waals surface area (Å²) in [6.45, 7) is 1.85. The molecule has 114 valence electrons. The molecule has 6 nitrogen and oxygen atoms in total. The lowest BCUT2D eigenvalue weighted by atomic mass is 9.96. The monoisotopic (exact) mass is 299 g/mol. The van der Waals surface area contributed by atoms with E-state index in [0.29, 0.717) is 5.56 Å². The van der Waals surface area contributed by atoms with Crippen molar-refractivity contribution in [1.29, 1.82) is 0 Å². The zero-order chi connectivity index (χ0) is 16.1. The lowest BCUT2D eigenvalue weighted by molar-refractivity contribution is -0.384. The molecule has 1 atom stereocenters. The highest BCUT2D eigenvalue weighted by Gasteiger charge is 2.17. The van der Waals surface area contributed by atoms with E-state index in [4.69, 9.17) is 5.73 Å². The topological polar surface area (TPSA) is 98.3 Å². The molecule has 2 rings (SSSR count). The number of rotatable bonds is 5. The Bertz CT molecular complexity index is 686. The Hall–Kier alpha value is -2.89. The number of nitrogens with zero attached hydrogens (tertiary/aromatic N) is 1. The Kier molecular flexibility index (Phi) is 4.73. The highest BCUT2D eigenvalue weighted by molar-refractivity contribution is 5.91. The van der Waals surface area contributed by atoms with Gasteiger partial charge in [-0.2, -0.15) is 0 Å². The molecule has 2 aromatic rings. The number of nitrogens with one attached hydrogen (secondary N) is 1. The molecule has 22 heavy (non-hydrogen) atoms. The molecule has 0 saturated carbocycles. The van der Waals surface area contributed by atoms with Crippen molar-refractivity contribution in [3.63, 3.8) is 0 Å². The average Bonchev–Trinajstić information content (AvgIpc) is 2.48. The molecule has 0 bridgehead atoms. The van der Waals surface area contributed by atoms with E-state index in [2.05, 4.69) is 5.32 Å². The summed E-state index contributed by atoms with van der Waals surface area (Å²) in [6.07, 6.45) is 0.232. The Morgan fingerprint density at radius 2 is 1.95 bits per heavy atom. The molecular weight excluding hydrogens is 282 g/mol. The number of carbonyl (C=O) groups is 1. The summed E-state index contributed by atoms with van der Waals surface area (Å²) in [5.74, 6) is -0.291. The molecule has 0 spiro atoms. The van der Waals surface area contributed by atoms with E-state index >= 15 is 0 Å². The van der Waals surface area contributed by atoms with Crippen LogP contribution in [0.3, 0.4) is 0 Å². The fraction of sp³-hybridized carbons (Fsp3) is 0.188. The first kappa shape index (κ1) is 15.5. The molecule has 0 fully saturated rings. The summed E-state index contributed by atoms with van der Waals surface area (Å²) < 4.78 is 0. The number of nitro benzene ring substituents is 1. The number of carbonyl (C=O) groups excluding carboxylic acids is 1. The van der Waals surface area contributed by atoms with Crippen LogP contribution in [0.1, 0.15) is 24.8 Å². The van der Waals surface area contributed by atoms with Gasteiger partial charge in [-0.25, -0.2) is 0 Å². The van der Waals surface area contributed by atoms with Crippen LogP contribution < -0.4 is 11.1 Å². The van der Waals surface area contributed by atoms with Gasteiger partial charge in [0.2, 0.25) is 5.91 Å². The van der Waals surface area contributed by atoms with Gasteiger partial charge in [0.1, 0.15) is 5.69 Å². The molecule has 3 N–H and O–H groups in total. The van der Waals surface area contributed by atoms with Gasteiger partial charge in [-0.15, -0.1) is 0 Å². The molecule has 0 aliphatic heterocycles. The maximum absolute atomic E-state index is 12.0. The van der Waals surface area contributed by atoms with Crippen molar-refractivity contribution in [3.05, 3.63) is 64.2 Å². The predicted molar refractivity (Wildman–Crippen MR) is 85.6 cm³/mol. The van der Waals surface area contributed by atoms with E-state index < -0.39 is 4.92 Å². The summed E-state index contributed by atoms with van der Waals surface area (Å²) in [7, 11) is 0. The fourth-order valence-corrected chi connectivity index (χ4v) is 2.15. The van der Waals surface area contributed by atoms with Crippen LogP contribution in [-0.2, 0) is 4.79 Å². The summed E-state index contributed by atoms with van der Waals surface area (Å²) in [4.78, 5) is 22.4. The molecule has 0 heterocycles. The molecule has 0 saturated heterocycles. The normalized spacial score (nSPS) is 11.7. The zero-order valence-corrected chi connectivity index (χ0v) is 12.2. The van der Waals surface area contributed by atoms with Gasteiger partial charge in [-0.05, 0) is 29.7 Å². The van der Waals surface area contributed by atoms with E-state index in [1.165, 1.54) is 12.1 Å². The minimum absolute atomic E-state index is 0.120. The third-order valence-electron chi connectivity index (χ3n) is 3.37. The Morgan fingerprint density at radius 1 is 1.27 bits per heavy atom. The smallest absolute Gasteiger partial charge is 0.292 e. The van der Waals surface area contributed by atoms with Crippen LogP contribution in [-0.4, -0.2) is 10.8 Å². The van der Waals surface area contributed by atoms with Crippen molar-refractivity contribution >= 4 is 23.0 Å². The molecule has 0 aromatic heterocycles. The fourth-order valence-electron chi connectivity index (χ4n) is 2.15. The van der Waals surface area contributed by atoms with Crippen molar-refractivity contribution in [1.82, 2.24) is 0 Å². The number of hydrogen-bond donors (Lipinski definition) is 2. The van der Waals surface area contributed by atoms with Gasteiger partial charge >= 0.3 is 0 Å². The van der Waals surface area contributed by atoms with Crippen LogP contribution in [0.5, 0.6) is 0 Å². The van der Waals surface area contributed by atoms with Crippen LogP contribution in [0, 0.1) is 10.1 Å². The first-order valence-electron chi connectivity index (χ1n) is 6.86. The maximum atomic E-state index is 12.0. The van der Waals surface area contributed by atoms with Crippen molar-refractivity contribution in [3.8, 4) is 0 Å². The summed E-state index contributed by atoms with van der Waals surface area (Å²) in [5.41, 5.74) is 7.00. The van der Waals surface area contributed by atoms with Crippen LogP contribution in [0.25, 0.3) is 0 Å². The molecular formula is C16H17N3O3. The third kappa shape index (κ3) is 3.82. The summed E-state index contributed by atoms with van der Waals surface area (Å²) >= 11 is 0. The second-order valence-corrected chi connectivity index (χ2v) is 5.09. The lowest BCUT2D eigenvalue weighted by Crippen LogP contribution is -2.14. The van der Waals surface area contributed by atoms with E-state index in [9.17, 15) is 14.9 Å². The predicted octanol–water partition coefficient (Wildman–Crippen LogP) is 3.31. The number of para-hydroxylation sites is 1. The Balaban J connectivity index is 2.06. The number of nitrogens with two attached hydrogens (primary N) is 1. The SMILES string of the molecule is CC(CC(=O)Nc1ccccc1)c1ccc(N)c([N+](=O)[O-])c1. The van der Waals surface area contributed by atoms with Gasteiger partial charge in [0, 0.05) is 18.2 Å². The number of hydrogen-bond acceptors (Lipinski definition) is 4. The van der Waals surface area contributed by atoms with Gasteiger partial charge in [0.05, 0.1) is 4.92 Å². The molecule has 2 aromatic carbocycles. The Morgan fingerprint density at radius 3 is 2.59 bits per heavy atom.